The van der Waals surface area contributed by atoms with Crippen molar-refractivity contribution >= 4 is 40.7 Å². The number of halogens is 2. The number of carbonyl (C=O) groups excluding carboxylic acids is 3. The van der Waals surface area contributed by atoms with Crippen molar-refractivity contribution in [2.75, 3.05) is 16.8 Å². The molecular weight excluding hydrogens is 389 g/mol. The fourth-order valence-electron chi connectivity index (χ4n) is 3.11. The van der Waals surface area contributed by atoms with Gasteiger partial charge in [-0.3, -0.25) is 19.4 Å². The van der Waals surface area contributed by atoms with Gasteiger partial charge in [0.15, 0.2) is 12.1 Å². The number of fused-ring (bicyclic) bond motifs is 1. The molecule has 2 aliphatic heterocycles. The van der Waals surface area contributed by atoms with E-state index in [0.29, 0.717) is 10.7 Å². The zero-order valence-corrected chi connectivity index (χ0v) is 15.0. The number of benzene rings is 2. The molecular formula is C18H13ClFN5O3. The lowest BCUT2D eigenvalue weighted by molar-refractivity contribution is -0.123. The fourth-order valence-corrected chi connectivity index (χ4v) is 3.24. The van der Waals surface area contributed by atoms with Crippen LogP contribution in [-0.2, 0) is 14.4 Å². The van der Waals surface area contributed by atoms with Crippen molar-refractivity contribution in [2.45, 2.75) is 12.1 Å². The van der Waals surface area contributed by atoms with Crippen LogP contribution >= 0.6 is 11.6 Å². The van der Waals surface area contributed by atoms with Gasteiger partial charge in [0.2, 0.25) is 5.91 Å². The highest BCUT2D eigenvalue weighted by atomic mass is 35.5. The maximum absolute atomic E-state index is 13.2. The SMILES string of the molecule is O=C(CN1N=N[C@@H]2C(=O)N(c3ccc(Cl)cc3)C(=O)[C@@H]21)Nc1cccc(F)c1. The smallest absolute Gasteiger partial charge is 0.263 e. The third-order valence-corrected chi connectivity index (χ3v) is 4.61. The van der Waals surface area contributed by atoms with Gasteiger partial charge < -0.3 is 5.32 Å². The molecule has 2 aromatic carbocycles. The predicted molar refractivity (Wildman–Crippen MR) is 98.1 cm³/mol. The van der Waals surface area contributed by atoms with Gasteiger partial charge in [-0.25, -0.2) is 9.29 Å². The third-order valence-electron chi connectivity index (χ3n) is 4.36. The Kier molecular flexibility index (Phi) is 4.52. The number of nitrogens with zero attached hydrogens (tertiary/aromatic N) is 4. The van der Waals surface area contributed by atoms with E-state index in [1.807, 2.05) is 0 Å². The molecule has 0 aliphatic carbocycles. The van der Waals surface area contributed by atoms with Crippen molar-refractivity contribution < 1.29 is 18.8 Å². The molecule has 0 unspecified atom stereocenters. The van der Waals surface area contributed by atoms with E-state index in [1.54, 1.807) is 24.3 Å². The van der Waals surface area contributed by atoms with Crippen LogP contribution in [0.2, 0.25) is 5.02 Å². The number of hydrogen-bond donors (Lipinski definition) is 1. The minimum absolute atomic E-state index is 0.273. The van der Waals surface area contributed by atoms with Crippen molar-refractivity contribution in [3.63, 3.8) is 0 Å². The number of imide groups is 1. The molecule has 2 aliphatic rings. The number of amides is 3. The van der Waals surface area contributed by atoms with Gasteiger partial charge in [-0.2, -0.15) is 5.11 Å². The molecule has 0 bridgehead atoms. The first kappa shape index (κ1) is 18.1. The Hall–Kier alpha value is -3.33. The monoisotopic (exact) mass is 401 g/mol. The molecule has 0 aromatic heterocycles. The lowest BCUT2D eigenvalue weighted by atomic mass is 10.1. The summed E-state index contributed by atoms with van der Waals surface area (Å²) in [5.41, 5.74) is 0.641. The normalized spacial score (nSPS) is 20.6. The molecule has 1 N–H and O–H groups in total. The highest BCUT2D eigenvalue weighted by molar-refractivity contribution is 6.31. The molecule has 0 radical (unpaired) electrons. The molecule has 4 rings (SSSR count). The van der Waals surface area contributed by atoms with Gasteiger partial charge >= 0.3 is 0 Å². The molecule has 0 saturated carbocycles. The molecule has 2 heterocycles. The average molecular weight is 402 g/mol. The van der Waals surface area contributed by atoms with Gasteiger partial charge in [0.05, 0.1) is 5.69 Å². The lowest BCUT2D eigenvalue weighted by Crippen LogP contribution is -2.43. The summed E-state index contributed by atoms with van der Waals surface area (Å²) in [5, 5.41) is 11.8. The fraction of sp³-hybridized carbons (Fsp3) is 0.167. The summed E-state index contributed by atoms with van der Waals surface area (Å²) in [6.45, 7) is -0.311. The largest absolute Gasteiger partial charge is 0.324 e. The first-order valence-corrected chi connectivity index (χ1v) is 8.68. The number of rotatable bonds is 4. The third kappa shape index (κ3) is 3.20. The average Bonchev–Trinajstić information content (AvgIpc) is 3.16. The molecule has 1 saturated heterocycles. The summed E-state index contributed by atoms with van der Waals surface area (Å²) in [5.74, 6) is -2.06. The highest BCUT2D eigenvalue weighted by Gasteiger charge is 2.55. The summed E-state index contributed by atoms with van der Waals surface area (Å²) in [6, 6.07) is 9.64. The summed E-state index contributed by atoms with van der Waals surface area (Å²) < 4.78 is 13.2. The predicted octanol–water partition coefficient (Wildman–Crippen LogP) is 2.41. The molecule has 2 atom stereocenters. The quantitative estimate of drug-likeness (QED) is 0.796. The molecule has 3 amide bonds. The van der Waals surface area contributed by atoms with Crippen molar-refractivity contribution in [3.05, 3.63) is 59.4 Å². The van der Waals surface area contributed by atoms with Crippen LogP contribution in [0.15, 0.2) is 58.9 Å². The van der Waals surface area contributed by atoms with Crippen LogP contribution in [0.1, 0.15) is 0 Å². The second-order valence-electron chi connectivity index (χ2n) is 6.24. The van der Waals surface area contributed by atoms with Gasteiger partial charge in [0.25, 0.3) is 11.8 Å². The second-order valence-corrected chi connectivity index (χ2v) is 6.68. The first-order chi connectivity index (χ1) is 13.4. The Balaban J connectivity index is 1.48. The van der Waals surface area contributed by atoms with Crippen LogP contribution in [-0.4, -0.2) is 41.4 Å². The maximum Gasteiger partial charge on any atom is 0.263 e. The molecule has 142 valence electrons. The van der Waals surface area contributed by atoms with Crippen LogP contribution in [0.3, 0.4) is 0 Å². The molecule has 28 heavy (non-hydrogen) atoms. The number of nitrogens with one attached hydrogen (secondary N) is 1. The molecule has 1 fully saturated rings. The first-order valence-electron chi connectivity index (χ1n) is 8.30. The number of anilines is 2. The summed E-state index contributed by atoms with van der Waals surface area (Å²) >= 11 is 5.85. The van der Waals surface area contributed by atoms with E-state index in [9.17, 15) is 18.8 Å². The Morgan fingerprint density at radius 2 is 1.89 bits per heavy atom. The standard InChI is InChI=1S/C18H13ClFN5O3/c19-10-4-6-13(7-5-10)25-17(27)15-16(18(25)28)24(23-22-15)9-14(26)21-12-3-1-2-11(20)8-12/h1-8,15-16H,9H2,(H,21,26)/t15-,16+/m0/s1. The summed E-state index contributed by atoms with van der Waals surface area (Å²) in [4.78, 5) is 38.7. The highest BCUT2D eigenvalue weighted by Crippen LogP contribution is 2.32. The van der Waals surface area contributed by atoms with Gasteiger partial charge in [-0.05, 0) is 42.5 Å². The van der Waals surface area contributed by atoms with E-state index in [4.69, 9.17) is 11.6 Å². The van der Waals surface area contributed by atoms with E-state index in [2.05, 4.69) is 15.7 Å². The van der Waals surface area contributed by atoms with E-state index in [-0.39, 0.29) is 12.2 Å². The zero-order chi connectivity index (χ0) is 19.8. The van der Waals surface area contributed by atoms with Gasteiger partial charge in [-0.15, -0.1) is 0 Å². The van der Waals surface area contributed by atoms with E-state index < -0.39 is 35.6 Å². The van der Waals surface area contributed by atoms with Crippen molar-refractivity contribution in [1.29, 1.82) is 0 Å². The van der Waals surface area contributed by atoms with Crippen LogP contribution in [0, 0.1) is 5.82 Å². The van der Waals surface area contributed by atoms with Crippen LogP contribution < -0.4 is 10.2 Å². The molecule has 2 aromatic rings. The van der Waals surface area contributed by atoms with E-state index in [1.165, 1.54) is 24.3 Å². The summed E-state index contributed by atoms with van der Waals surface area (Å²) in [6.07, 6.45) is 0. The van der Waals surface area contributed by atoms with E-state index >= 15 is 0 Å². The minimum atomic E-state index is -1.01. The molecule has 10 heteroatoms. The van der Waals surface area contributed by atoms with Gasteiger partial charge in [-0.1, -0.05) is 22.9 Å². The second kappa shape index (κ2) is 7.01. The Labute approximate surface area is 163 Å². The van der Waals surface area contributed by atoms with Gasteiger partial charge in [0, 0.05) is 10.7 Å². The lowest BCUT2D eigenvalue weighted by Gasteiger charge is -2.20. The van der Waals surface area contributed by atoms with Crippen molar-refractivity contribution in [3.8, 4) is 0 Å². The summed E-state index contributed by atoms with van der Waals surface area (Å²) in [7, 11) is 0. The number of hydrogen-bond acceptors (Lipinski definition) is 6. The Morgan fingerprint density at radius 1 is 1.14 bits per heavy atom. The minimum Gasteiger partial charge on any atom is -0.324 e. The molecule has 0 spiro atoms. The number of carbonyl (C=O) groups is 3. The Bertz CT molecular complexity index is 997. The maximum atomic E-state index is 13.2. The molecule has 8 nitrogen and oxygen atoms in total. The Morgan fingerprint density at radius 3 is 2.61 bits per heavy atom. The van der Waals surface area contributed by atoms with Crippen LogP contribution in [0.5, 0.6) is 0 Å². The van der Waals surface area contributed by atoms with E-state index in [0.717, 1.165) is 9.91 Å². The zero-order valence-electron chi connectivity index (χ0n) is 14.3. The topological polar surface area (TPSA) is 94.4 Å². The van der Waals surface area contributed by atoms with Crippen LogP contribution in [0.4, 0.5) is 15.8 Å². The van der Waals surface area contributed by atoms with Crippen molar-refractivity contribution in [2.24, 2.45) is 10.3 Å². The van der Waals surface area contributed by atoms with Crippen molar-refractivity contribution in [1.82, 2.24) is 5.01 Å². The van der Waals surface area contributed by atoms with Crippen LogP contribution in [0.25, 0.3) is 0 Å². The van der Waals surface area contributed by atoms with Gasteiger partial charge in [0.1, 0.15) is 12.4 Å².